The number of nitro benzene ring substituents is 1. The van der Waals surface area contributed by atoms with Crippen molar-refractivity contribution in [3.05, 3.63) is 34.4 Å². The predicted octanol–water partition coefficient (Wildman–Crippen LogP) is 1.36. The molecular formula is C14H19N3O4. The van der Waals surface area contributed by atoms with Crippen LogP contribution in [0.2, 0.25) is 0 Å². The fourth-order valence-corrected chi connectivity index (χ4v) is 2.76. The van der Waals surface area contributed by atoms with Crippen molar-refractivity contribution in [3.8, 4) is 5.75 Å². The Morgan fingerprint density at radius 2 is 2.33 bits per heavy atom. The molecule has 1 aromatic carbocycles. The summed E-state index contributed by atoms with van der Waals surface area (Å²) in [4.78, 5) is 22.0. The molecule has 2 atom stereocenters. The number of non-ortho nitro benzene ring substituents is 1. The Bertz CT molecular complexity index is 549. The number of ether oxygens (including phenoxy) is 1. The first kappa shape index (κ1) is 15.2. The molecule has 0 spiro atoms. The minimum absolute atomic E-state index is 0.0157. The SMILES string of the molecule is CNC1(C(N)=O)CCCC(Oc2cccc([N+](=O)[O-])c2)C1. The van der Waals surface area contributed by atoms with Crippen molar-refractivity contribution in [1.29, 1.82) is 0 Å². The molecule has 0 aromatic heterocycles. The summed E-state index contributed by atoms with van der Waals surface area (Å²) in [6.07, 6.45) is 2.54. The molecule has 114 valence electrons. The van der Waals surface area contributed by atoms with Gasteiger partial charge >= 0.3 is 0 Å². The van der Waals surface area contributed by atoms with Crippen LogP contribution in [0.3, 0.4) is 0 Å². The summed E-state index contributed by atoms with van der Waals surface area (Å²) >= 11 is 0. The van der Waals surface area contributed by atoms with Gasteiger partial charge in [0.2, 0.25) is 5.91 Å². The molecule has 21 heavy (non-hydrogen) atoms. The van der Waals surface area contributed by atoms with E-state index >= 15 is 0 Å². The maximum absolute atomic E-state index is 11.7. The summed E-state index contributed by atoms with van der Waals surface area (Å²) in [5, 5.41) is 13.8. The van der Waals surface area contributed by atoms with Gasteiger partial charge in [-0.25, -0.2) is 0 Å². The Labute approximate surface area is 122 Å². The van der Waals surface area contributed by atoms with E-state index in [0.717, 1.165) is 12.8 Å². The first-order valence-corrected chi connectivity index (χ1v) is 6.87. The highest BCUT2D eigenvalue weighted by Gasteiger charge is 2.41. The number of nitrogens with one attached hydrogen (secondary N) is 1. The maximum Gasteiger partial charge on any atom is 0.273 e. The van der Waals surface area contributed by atoms with Crippen molar-refractivity contribution < 1.29 is 14.5 Å². The van der Waals surface area contributed by atoms with Crippen LogP contribution in [-0.4, -0.2) is 29.5 Å². The quantitative estimate of drug-likeness (QED) is 0.629. The minimum atomic E-state index is -0.760. The van der Waals surface area contributed by atoms with E-state index in [1.807, 2.05) is 0 Å². The molecule has 1 fully saturated rings. The molecule has 1 aliphatic rings. The van der Waals surface area contributed by atoms with Gasteiger partial charge in [-0.1, -0.05) is 6.07 Å². The van der Waals surface area contributed by atoms with E-state index in [1.54, 1.807) is 19.2 Å². The highest BCUT2D eigenvalue weighted by molar-refractivity contribution is 5.84. The fraction of sp³-hybridized carbons (Fsp3) is 0.500. The van der Waals surface area contributed by atoms with Crippen LogP contribution in [-0.2, 0) is 4.79 Å². The van der Waals surface area contributed by atoms with Crippen molar-refractivity contribution in [2.75, 3.05) is 7.05 Å². The lowest BCUT2D eigenvalue weighted by atomic mass is 9.79. The number of likely N-dealkylation sites (N-methyl/N-ethyl adjacent to an activating group) is 1. The Morgan fingerprint density at radius 1 is 1.57 bits per heavy atom. The van der Waals surface area contributed by atoms with Gasteiger partial charge in [0.25, 0.3) is 5.69 Å². The second-order valence-electron chi connectivity index (χ2n) is 5.29. The van der Waals surface area contributed by atoms with Gasteiger partial charge in [0, 0.05) is 12.5 Å². The molecule has 1 amide bonds. The number of primary amides is 1. The van der Waals surface area contributed by atoms with Gasteiger partial charge in [-0.3, -0.25) is 14.9 Å². The zero-order valence-electron chi connectivity index (χ0n) is 11.9. The highest BCUT2D eigenvalue weighted by atomic mass is 16.6. The lowest BCUT2D eigenvalue weighted by Gasteiger charge is -2.38. The van der Waals surface area contributed by atoms with Crippen LogP contribution in [0.25, 0.3) is 0 Å². The van der Waals surface area contributed by atoms with E-state index in [-0.39, 0.29) is 11.8 Å². The van der Waals surface area contributed by atoms with Crippen LogP contribution >= 0.6 is 0 Å². The largest absolute Gasteiger partial charge is 0.490 e. The van der Waals surface area contributed by atoms with Gasteiger partial charge in [0.15, 0.2) is 0 Å². The second kappa shape index (κ2) is 6.09. The van der Waals surface area contributed by atoms with E-state index < -0.39 is 16.4 Å². The summed E-state index contributed by atoms with van der Waals surface area (Å²) in [5.41, 5.74) is 4.71. The number of benzene rings is 1. The average Bonchev–Trinajstić information content (AvgIpc) is 2.47. The zero-order valence-corrected chi connectivity index (χ0v) is 11.9. The maximum atomic E-state index is 11.7. The number of carbonyl (C=O) groups excluding carboxylic acids is 1. The molecule has 1 saturated carbocycles. The van der Waals surface area contributed by atoms with Gasteiger partial charge in [-0.15, -0.1) is 0 Å². The highest BCUT2D eigenvalue weighted by Crippen LogP contribution is 2.31. The number of hydrogen-bond donors (Lipinski definition) is 2. The van der Waals surface area contributed by atoms with Gasteiger partial charge in [0.05, 0.1) is 11.0 Å². The van der Waals surface area contributed by atoms with E-state index in [0.29, 0.717) is 18.6 Å². The van der Waals surface area contributed by atoms with Crippen LogP contribution in [0.1, 0.15) is 25.7 Å². The fourth-order valence-electron chi connectivity index (χ4n) is 2.76. The monoisotopic (exact) mass is 293 g/mol. The van der Waals surface area contributed by atoms with E-state index in [9.17, 15) is 14.9 Å². The van der Waals surface area contributed by atoms with Gasteiger partial charge in [0.1, 0.15) is 17.4 Å². The predicted molar refractivity (Wildman–Crippen MR) is 77.0 cm³/mol. The van der Waals surface area contributed by atoms with Gasteiger partial charge < -0.3 is 15.8 Å². The average molecular weight is 293 g/mol. The third-order valence-electron chi connectivity index (χ3n) is 3.99. The molecule has 1 aliphatic carbocycles. The molecule has 7 nitrogen and oxygen atoms in total. The molecule has 0 bridgehead atoms. The van der Waals surface area contributed by atoms with E-state index in [2.05, 4.69) is 5.32 Å². The summed E-state index contributed by atoms with van der Waals surface area (Å²) in [6.45, 7) is 0. The molecule has 0 aliphatic heterocycles. The van der Waals surface area contributed by atoms with Crippen LogP contribution in [0.4, 0.5) is 5.69 Å². The summed E-state index contributed by atoms with van der Waals surface area (Å²) < 4.78 is 5.80. The molecule has 0 saturated heterocycles. The number of rotatable bonds is 5. The number of nitro groups is 1. The van der Waals surface area contributed by atoms with Crippen LogP contribution in [0, 0.1) is 10.1 Å². The van der Waals surface area contributed by atoms with E-state index in [1.165, 1.54) is 12.1 Å². The van der Waals surface area contributed by atoms with Crippen molar-refractivity contribution in [2.24, 2.45) is 5.73 Å². The lowest BCUT2D eigenvalue weighted by Crippen LogP contribution is -2.58. The molecule has 1 aromatic rings. The number of amides is 1. The van der Waals surface area contributed by atoms with E-state index in [4.69, 9.17) is 10.5 Å². The van der Waals surface area contributed by atoms with Crippen molar-refractivity contribution in [3.63, 3.8) is 0 Å². The zero-order chi connectivity index (χ0) is 15.5. The van der Waals surface area contributed by atoms with Gasteiger partial charge in [-0.2, -0.15) is 0 Å². The van der Waals surface area contributed by atoms with Crippen LogP contribution in [0.5, 0.6) is 5.75 Å². The van der Waals surface area contributed by atoms with Crippen LogP contribution in [0.15, 0.2) is 24.3 Å². The molecule has 2 unspecified atom stereocenters. The molecule has 7 heteroatoms. The summed E-state index contributed by atoms with van der Waals surface area (Å²) in [7, 11) is 1.71. The van der Waals surface area contributed by atoms with Gasteiger partial charge in [-0.05, 0) is 32.4 Å². The lowest BCUT2D eigenvalue weighted by molar-refractivity contribution is -0.385. The topological polar surface area (TPSA) is 107 Å². The number of nitrogens with zero attached hydrogens (tertiary/aromatic N) is 1. The Balaban J connectivity index is 2.11. The molecule has 0 heterocycles. The smallest absolute Gasteiger partial charge is 0.273 e. The van der Waals surface area contributed by atoms with Crippen LogP contribution < -0.4 is 15.8 Å². The Kier molecular flexibility index (Phi) is 4.42. The third-order valence-corrected chi connectivity index (χ3v) is 3.99. The second-order valence-corrected chi connectivity index (χ2v) is 5.29. The summed E-state index contributed by atoms with van der Waals surface area (Å²) in [5.74, 6) is 0.0444. The van der Waals surface area contributed by atoms with Crippen molar-refractivity contribution in [2.45, 2.75) is 37.3 Å². The first-order chi connectivity index (χ1) is 9.97. The minimum Gasteiger partial charge on any atom is -0.490 e. The standard InChI is InChI=1S/C14H19N3O4/c1-16-14(13(15)18)7-3-6-12(9-14)21-11-5-2-4-10(8-11)17(19)20/h2,4-5,8,12,16H,3,6-7,9H2,1H3,(H2,15,18). The molecular weight excluding hydrogens is 274 g/mol. The van der Waals surface area contributed by atoms with Crippen molar-refractivity contribution >= 4 is 11.6 Å². The normalized spacial score (nSPS) is 25.3. The molecule has 3 N–H and O–H groups in total. The van der Waals surface area contributed by atoms with Crippen molar-refractivity contribution in [1.82, 2.24) is 5.32 Å². The first-order valence-electron chi connectivity index (χ1n) is 6.87. The number of carbonyl (C=O) groups is 1. The Hall–Kier alpha value is -2.15. The Morgan fingerprint density at radius 3 is 2.95 bits per heavy atom. The molecule has 0 radical (unpaired) electrons. The number of nitrogens with two attached hydrogens (primary N) is 1. The molecule has 2 rings (SSSR count). The summed E-state index contributed by atoms with van der Waals surface area (Å²) in [6, 6.07) is 6.05. The third kappa shape index (κ3) is 3.30. The number of hydrogen-bond acceptors (Lipinski definition) is 5.